The average Bonchev–Trinajstić information content (AvgIpc) is 3.39. The van der Waals surface area contributed by atoms with Gasteiger partial charge in [0.25, 0.3) is 0 Å². The van der Waals surface area contributed by atoms with Crippen molar-refractivity contribution in [3.8, 4) is 0 Å². The van der Waals surface area contributed by atoms with E-state index < -0.39 is 0 Å². The smallest absolute Gasteiger partial charge is 0.0716 e. The largest absolute Gasteiger partial charge is 0.396 e. The van der Waals surface area contributed by atoms with Crippen LogP contribution in [-0.2, 0) is 11.3 Å². The third-order valence-corrected chi connectivity index (χ3v) is 4.87. The Hall–Kier alpha value is -1.64. The van der Waals surface area contributed by atoms with Crippen LogP contribution in [0.1, 0.15) is 36.3 Å². The second kappa shape index (κ2) is 8.28. The Bertz CT molecular complexity index is 567. The van der Waals surface area contributed by atoms with Crippen LogP contribution in [0.2, 0.25) is 0 Å². The molecule has 0 bridgehead atoms. The van der Waals surface area contributed by atoms with E-state index in [9.17, 15) is 5.11 Å². The normalized spacial score (nSPS) is 21.1. The first-order valence-electron chi connectivity index (χ1n) is 8.66. The van der Waals surface area contributed by atoms with Gasteiger partial charge in [-0.15, -0.1) is 0 Å². The van der Waals surface area contributed by atoms with Crippen molar-refractivity contribution < 1.29 is 9.84 Å². The van der Waals surface area contributed by atoms with E-state index in [1.807, 2.05) is 18.2 Å². The molecular weight excluding hydrogens is 284 g/mol. The lowest BCUT2D eigenvalue weighted by Crippen LogP contribution is -2.06. The summed E-state index contributed by atoms with van der Waals surface area (Å²) in [7, 11) is 0. The van der Waals surface area contributed by atoms with E-state index in [4.69, 9.17) is 4.74 Å². The fourth-order valence-electron chi connectivity index (χ4n) is 3.47. The van der Waals surface area contributed by atoms with Crippen LogP contribution in [-0.4, -0.2) is 18.3 Å². The van der Waals surface area contributed by atoms with Gasteiger partial charge in [0.1, 0.15) is 0 Å². The maximum Gasteiger partial charge on any atom is 0.0716 e. The van der Waals surface area contributed by atoms with Crippen LogP contribution in [0.3, 0.4) is 0 Å². The number of hydrogen-bond acceptors (Lipinski definition) is 2. The zero-order valence-electron chi connectivity index (χ0n) is 13.6. The Morgan fingerprint density at radius 3 is 2.35 bits per heavy atom. The predicted molar refractivity (Wildman–Crippen MR) is 93.2 cm³/mol. The summed E-state index contributed by atoms with van der Waals surface area (Å²) in [5.74, 6) is 1.72. The van der Waals surface area contributed by atoms with Gasteiger partial charge in [0.2, 0.25) is 0 Å². The second-order valence-electron chi connectivity index (χ2n) is 6.54. The maximum absolute atomic E-state index is 9.38. The summed E-state index contributed by atoms with van der Waals surface area (Å²) in [5, 5.41) is 9.38. The van der Waals surface area contributed by atoms with Crippen molar-refractivity contribution in [2.75, 3.05) is 13.2 Å². The first-order chi connectivity index (χ1) is 11.4. The molecule has 3 atom stereocenters. The third kappa shape index (κ3) is 4.66. The van der Waals surface area contributed by atoms with Crippen LogP contribution < -0.4 is 0 Å². The molecule has 2 aromatic carbocycles. The highest BCUT2D eigenvalue weighted by Gasteiger charge is 2.42. The minimum Gasteiger partial charge on any atom is -0.396 e. The average molecular weight is 310 g/mol. The molecule has 1 fully saturated rings. The van der Waals surface area contributed by atoms with Crippen LogP contribution in [0.25, 0.3) is 0 Å². The molecule has 2 aromatic rings. The van der Waals surface area contributed by atoms with Crippen LogP contribution in [0.4, 0.5) is 0 Å². The summed E-state index contributed by atoms with van der Waals surface area (Å²) in [5.41, 5.74) is 2.64. The third-order valence-electron chi connectivity index (χ3n) is 4.87. The molecule has 0 spiro atoms. The molecule has 0 aromatic heterocycles. The summed E-state index contributed by atoms with van der Waals surface area (Å²) in [4.78, 5) is 0. The SMILES string of the molecule is OC[C@@H]1C[C@@H]1[C@@H](CCCOCc1ccccc1)c1ccccc1. The molecule has 1 saturated carbocycles. The Kier molecular flexibility index (Phi) is 5.84. The topological polar surface area (TPSA) is 29.5 Å². The molecule has 0 heterocycles. The lowest BCUT2D eigenvalue weighted by molar-refractivity contribution is 0.115. The Morgan fingerprint density at radius 2 is 1.70 bits per heavy atom. The van der Waals surface area contributed by atoms with Gasteiger partial charge in [-0.25, -0.2) is 0 Å². The molecule has 23 heavy (non-hydrogen) atoms. The van der Waals surface area contributed by atoms with Gasteiger partial charge in [-0.2, -0.15) is 0 Å². The van der Waals surface area contributed by atoms with Gasteiger partial charge in [-0.1, -0.05) is 60.7 Å². The molecule has 1 aliphatic carbocycles. The molecule has 2 nitrogen and oxygen atoms in total. The fraction of sp³-hybridized carbons (Fsp3) is 0.429. The van der Waals surface area contributed by atoms with Gasteiger partial charge in [-0.3, -0.25) is 0 Å². The van der Waals surface area contributed by atoms with Crippen molar-refractivity contribution in [1.29, 1.82) is 0 Å². The minimum absolute atomic E-state index is 0.332. The summed E-state index contributed by atoms with van der Waals surface area (Å²) < 4.78 is 5.81. The monoisotopic (exact) mass is 310 g/mol. The van der Waals surface area contributed by atoms with Gasteiger partial charge in [0, 0.05) is 13.2 Å². The van der Waals surface area contributed by atoms with Gasteiger partial charge >= 0.3 is 0 Å². The van der Waals surface area contributed by atoms with Gasteiger partial charge in [-0.05, 0) is 48.1 Å². The summed E-state index contributed by atoms with van der Waals surface area (Å²) in [6, 6.07) is 21.1. The van der Waals surface area contributed by atoms with E-state index in [1.54, 1.807) is 0 Å². The number of rotatable bonds is 9. The fourth-order valence-corrected chi connectivity index (χ4v) is 3.47. The zero-order valence-corrected chi connectivity index (χ0v) is 13.6. The molecular formula is C21H26O2. The lowest BCUT2D eigenvalue weighted by atomic mass is 9.89. The number of ether oxygens (including phenoxy) is 1. The minimum atomic E-state index is 0.332. The molecule has 122 valence electrons. The van der Waals surface area contributed by atoms with E-state index in [1.165, 1.54) is 17.5 Å². The number of benzene rings is 2. The van der Waals surface area contributed by atoms with Crippen LogP contribution in [0, 0.1) is 11.8 Å². The Morgan fingerprint density at radius 1 is 1.00 bits per heavy atom. The molecule has 1 N–H and O–H groups in total. The zero-order chi connectivity index (χ0) is 15.9. The maximum atomic E-state index is 9.38. The molecule has 3 rings (SSSR count). The predicted octanol–water partition coefficient (Wildman–Crippen LogP) is 4.40. The van der Waals surface area contributed by atoms with E-state index >= 15 is 0 Å². The highest BCUT2D eigenvalue weighted by atomic mass is 16.5. The highest BCUT2D eigenvalue weighted by Crippen LogP contribution is 2.50. The van der Waals surface area contributed by atoms with E-state index in [2.05, 4.69) is 42.5 Å². The molecule has 0 aliphatic heterocycles. The molecule has 0 radical (unpaired) electrons. The molecule has 2 heteroatoms. The van der Waals surface area contributed by atoms with Crippen molar-refractivity contribution in [1.82, 2.24) is 0 Å². The van der Waals surface area contributed by atoms with Gasteiger partial charge in [0.15, 0.2) is 0 Å². The standard InChI is InChI=1S/C21H26O2/c22-15-19-14-21(19)20(18-10-5-2-6-11-18)12-7-13-23-16-17-8-3-1-4-9-17/h1-6,8-11,19-22H,7,12-16H2/t19-,20-,21-/m0/s1. The number of hydrogen-bond donors (Lipinski definition) is 1. The van der Waals surface area contributed by atoms with E-state index in [-0.39, 0.29) is 0 Å². The quantitative estimate of drug-likeness (QED) is 0.696. The molecule has 0 amide bonds. The number of aliphatic hydroxyl groups excluding tert-OH is 1. The van der Waals surface area contributed by atoms with Gasteiger partial charge in [0.05, 0.1) is 6.61 Å². The summed E-state index contributed by atoms with van der Waals surface area (Å²) in [6.45, 7) is 1.83. The van der Waals surface area contributed by atoms with Crippen LogP contribution in [0.5, 0.6) is 0 Å². The van der Waals surface area contributed by atoms with Crippen LogP contribution >= 0.6 is 0 Å². The van der Waals surface area contributed by atoms with Crippen molar-refractivity contribution >= 4 is 0 Å². The van der Waals surface area contributed by atoms with E-state index in [0.29, 0.717) is 31.0 Å². The molecule has 0 saturated heterocycles. The first kappa shape index (κ1) is 16.2. The highest BCUT2D eigenvalue weighted by molar-refractivity contribution is 5.22. The number of aliphatic hydroxyl groups is 1. The Balaban J connectivity index is 1.46. The first-order valence-corrected chi connectivity index (χ1v) is 8.66. The van der Waals surface area contributed by atoms with Gasteiger partial charge < -0.3 is 9.84 Å². The molecule has 1 aliphatic rings. The van der Waals surface area contributed by atoms with Crippen molar-refractivity contribution in [2.24, 2.45) is 11.8 Å². The molecule has 0 unspecified atom stereocenters. The summed E-state index contributed by atoms with van der Waals surface area (Å²) >= 11 is 0. The van der Waals surface area contributed by atoms with Crippen molar-refractivity contribution in [2.45, 2.75) is 31.8 Å². The van der Waals surface area contributed by atoms with E-state index in [0.717, 1.165) is 19.4 Å². The Labute approximate surface area is 139 Å². The lowest BCUT2D eigenvalue weighted by Gasteiger charge is -2.17. The second-order valence-corrected chi connectivity index (χ2v) is 6.54. The van der Waals surface area contributed by atoms with Crippen LogP contribution in [0.15, 0.2) is 60.7 Å². The summed E-state index contributed by atoms with van der Waals surface area (Å²) in [6.07, 6.45) is 3.38. The van der Waals surface area contributed by atoms with Crippen molar-refractivity contribution in [3.63, 3.8) is 0 Å². The van der Waals surface area contributed by atoms with Crippen molar-refractivity contribution in [3.05, 3.63) is 71.8 Å².